The molecule has 0 radical (unpaired) electrons. The number of nitrogens with two attached hydrogens (primary N) is 1. The minimum Gasteiger partial charge on any atom is -0.490 e. The molecule has 2 unspecified atom stereocenters. The van der Waals surface area contributed by atoms with Gasteiger partial charge in [0.1, 0.15) is 0 Å². The average molecular weight is 255 g/mol. The van der Waals surface area contributed by atoms with E-state index in [-0.39, 0.29) is 0 Å². The van der Waals surface area contributed by atoms with Gasteiger partial charge in [-0.15, -0.1) is 0 Å². The molecule has 5 heteroatoms. The van der Waals surface area contributed by atoms with Gasteiger partial charge in [0.05, 0.1) is 7.11 Å². The topological polar surface area (TPSA) is 60.2 Å². The summed E-state index contributed by atoms with van der Waals surface area (Å²) in [6, 6.07) is 0.544. The van der Waals surface area contributed by atoms with Gasteiger partial charge in [-0.2, -0.15) is 4.37 Å². The van der Waals surface area contributed by atoms with Crippen LogP contribution in [0.25, 0.3) is 0 Å². The van der Waals surface area contributed by atoms with Crippen molar-refractivity contribution in [3.05, 3.63) is 0 Å². The molecule has 2 atom stereocenters. The quantitative estimate of drug-likeness (QED) is 0.868. The minimum atomic E-state index is 0.489. The number of ether oxygens (including phenoxy) is 1. The molecule has 0 aliphatic heterocycles. The smallest absolute Gasteiger partial charge is 0.197 e. The van der Waals surface area contributed by atoms with E-state index in [0.717, 1.165) is 10.9 Å². The zero-order valence-electron chi connectivity index (χ0n) is 10.5. The van der Waals surface area contributed by atoms with E-state index in [1.54, 1.807) is 7.11 Å². The number of nitrogens with zero attached hydrogens (tertiary/aromatic N) is 1. The van der Waals surface area contributed by atoms with Crippen LogP contribution in [0.4, 0.5) is 10.8 Å². The van der Waals surface area contributed by atoms with Crippen molar-refractivity contribution < 1.29 is 4.74 Å². The number of hydrogen-bond acceptors (Lipinski definition) is 5. The lowest BCUT2D eigenvalue weighted by molar-refractivity contribution is 0.327. The monoisotopic (exact) mass is 255 g/mol. The molecular weight excluding hydrogens is 234 g/mol. The molecule has 1 aromatic heterocycles. The Balaban J connectivity index is 2.00. The molecule has 2 rings (SSSR count). The Morgan fingerprint density at radius 1 is 1.53 bits per heavy atom. The van der Waals surface area contributed by atoms with Gasteiger partial charge in [-0.3, -0.25) is 0 Å². The molecule has 0 spiro atoms. The molecular formula is C12H21N3OS. The Hall–Kier alpha value is -0.970. The van der Waals surface area contributed by atoms with Crippen molar-refractivity contribution >= 4 is 22.4 Å². The summed E-state index contributed by atoms with van der Waals surface area (Å²) in [5.74, 6) is 2.05. The van der Waals surface area contributed by atoms with Gasteiger partial charge in [0.15, 0.2) is 16.6 Å². The first-order chi connectivity index (χ1) is 8.24. The van der Waals surface area contributed by atoms with Gasteiger partial charge in [-0.1, -0.05) is 26.2 Å². The fourth-order valence-corrected chi connectivity index (χ4v) is 3.32. The second kappa shape index (κ2) is 5.58. The number of hydrogen-bond donors (Lipinski definition) is 2. The fourth-order valence-electron chi connectivity index (χ4n) is 2.56. The van der Waals surface area contributed by atoms with Crippen LogP contribution in [-0.4, -0.2) is 17.5 Å². The van der Waals surface area contributed by atoms with E-state index in [2.05, 4.69) is 16.6 Å². The van der Waals surface area contributed by atoms with Crippen molar-refractivity contribution in [3.63, 3.8) is 0 Å². The zero-order chi connectivity index (χ0) is 12.3. The maximum Gasteiger partial charge on any atom is 0.197 e. The number of rotatable bonds is 4. The maximum absolute atomic E-state index is 5.74. The Morgan fingerprint density at radius 3 is 3.06 bits per heavy atom. The lowest BCUT2D eigenvalue weighted by Gasteiger charge is -2.29. The van der Waals surface area contributed by atoms with Crippen LogP contribution in [0.1, 0.15) is 39.0 Å². The standard InChI is InChI=1S/C12H21N3OS/c1-3-8-5-4-6-9(7-8)14-12-10(16-2)11(13)15-17-12/h8-9,14H,3-7H2,1-2H3,(H2,13,15). The Morgan fingerprint density at radius 2 is 2.35 bits per heavy atom. The van der Waals surface area contributed by atoms with Gasteiger partial charge in [0, 0.05) is 6.04 Å². The van der Waals surface area contributed by atoms with Crippen molar-refractivity contribution in [2.45, 2.75) is 45.1 Å². The summed E-state index contributed by atoms with van der Waals surface area (Å²) in [7, 11) is 1.64. The molecule has 4 nitrogen and oxygen atoms in total. The van der Waals surface area contributed by atoms with E-state index < -0.39 is 0 Å². The third-order valence-corrected chi connectivity index (χ3v) is 4.35. The Bertz CT molecular complexity index is 367. The number of methoxy groups -OCH3 is 1. The summed E-state index contributed by atoms with van der Waals surface area (Å²) in [5.41, 5.74) is 5.74. The van der Waals surface area contributed by atoms with E-state index in [1.165, 1.54) is 43.6 Å². The molecule has 1 fully saturated rings. The first-order valence-electron chi connectivity index (χ1n) is 6.30. The molecule has 0 saturated heterocycles. The summed E-state index contributed by atoms with van der Waals surface area (Å²) in [6.07, 6.45) is 6.44. The number of nitrogens with one attached hydrogen (secondary N) is 1. The molecule has 3 N–H and O–H groups in total. The van der Waals surface area contributed by atoms with Crippen LogP contribution >= 0.6 is 11.5 Å². The van der Waals surface area contributed by atoms with Crippen LogP contribution < -0.4 is 15.8 Å². The Labute approximate surface area is 107 Å². The van der Waals surface area contributed by atoms with Gasteiger partial charge in [0.2, 0.25) is 0 Å². The van der Waals surface area contributed by atoms with E-state index in [4.69, 9.17) is 10.5 Å². The van der Waals surface area contributed by atoms with Crippen molar-refractivity contribution in [1.29, 1.82) is 0 Å². The predicted octanol–water partition coefficient (Wildman–Crippen LogP) is 3.11. The predicted molar refractivity (Wildman–Crippen MR) is 72.7 cm³/mol. The second-order valence-corrected chi connectivity index (χ2v) is 5.49. The highest BCUT2D eigenvalue weighted by Gasteiger charge is 2.22. The summed E-state index contributed by atoms with van der Waals surface area (Å²) >= 11 is 1.39. The third-order valence-electron chi connectivity index (χ3n) is 3.57. The molecule has 96 valence electrons. The summed E-state index contributed by atoms with van der Waals surface area (Å²) in [4.78, 5) is 0. The highest BCUT2D eigenvalue weighted by atomic mass is 32.1. The van der Waals surface area contributed by atoms with E-state index in [9.17, 15) is 0 Å². The van der Waals surface area contributed by atoms with Crippen molar-refractivity contribution in [1.82, 2.24) is 4.37 Å². The van der Waals surface area contributed by atoms with Gasteiger partial charge >= 0.3 is 0 Å². The summed E-state index contributed by atoms with van der Waals surface area (Å²) in [5, 5.41) is 4.52. The highest BCUT2D eigenvalue weighted by Crippen LogP contribution is 2.37. The SMILES string of the molecule is CCC1CCCC(Nc2snc(N)c2OC)C1. The zero-order valence-corrected chi connectivity index (χ0v) is 11.3. The van der Waals surface area contributed by atoms with Crippen LogP contribution in [0.5, 0.6) is 5.75 Å². The number of nitrogen functional groups attached to an aromatic ring is 1. The van der Waals surface area contributed by atoms with Crippen LogP contribution in [0.3, 0.4) is 0 Å². The molecule has 0 bridgehead atoms. The number of anilines is 2. The molecule has 0 aromatic carbocycles. The van der Waals surface area contributed by atoms with Gasteiger partial charge < -0.3 is 15.8 Å². The lowest BCUT2D eigenvalue weighted by Crippen LogP contribution is -2.26. The van der Waals surface area contributed by atoms with Crippen molar-refractivity contribution in [2.24, 2.45) is 5.92 Å². The molecule has 1 aliphatic rings. The summed E-state index contributed by atoms with van der Waals surface area (Å²) in [6.45, 7) is 2.28. The molecule has 1 aliphatic carbocycles. The normalized spacial score (nSPS) is 24.6. The molecule has 1 saturated carbocycles. The molecule has 1 heterocycles. The van der Waals surface area contributed by atoms with Gasteiger partial charge in [-0.25, -0.2) is 0 Å². The van der Waals surface area contributed by atoms with E-state index >= 15 is 0 Å². The second-order valence-electron chi connectivity index (χ2n) is 4.71. The highest BCUT2D eigenvalue weighted by molar-refractivity contribution is 7.11. The molecule has 0 amide bonds. The first-order valence-corrected chi connectivity index (χ1v) is 7.07. The minimum absolute atomic E-state index is 0.489. The van der Waals surface area contributed by atoms with Crippen LogP contribution in [0, 0.1) is 5.92 Å². The Kier molecular flexibility index (Phi) is 4.10. The van der Waals surface area contributed by atoms with E-state index in [0.29, 0.717) is 17.6 Å². The van der Waals surface area contributed by atoms with Gasteiger partial charge in [0.25, 0.3) is 0 Å². The maximum atomic E-state index is 5.74. The van der Waals surface area contributed by atoms with Crippen molar-refractivity contribution in [2.75, 3.05) is 18.2 Å². The van der Waals surface area contributed by atoms with Crippen LogP contribution in [-0.2, 0) is 0 Å². The molecule has 17 heavy (non-hydrogen) atoms. The van der Waals surface area contributed by atoms with Gasteiger partial charge in [-0.05, 0) is 30.3 Å². The fraction of sp³-hybridized carbons (Fsp3) is 0.750. The van der Waals surface area contributed by atoms with Crippen molar-refractivity contribution in [3.8, 4) is 5.75 Å². The van der Waals surface area contributed by atoms with Crippen LogP contribution in [0.2, 0.25) is 0 Å². The largest absolute Gasteiger partial charge is 0.490 e. The third kappa shape index (κ3) is 2.83. The first kappa shape index (κ1) is 12.5. The average Bonchev–Trinajstić information content (AvgIpc) is 2.70. The summed E-state index contributed by atoms with van der Waals surface area (Å²) < 4.78 is 9.40. The molecule has 1 aromatic rings. The van der Waals surface area contributed by atoms with Crippen LogP contribution in [0.15, 0.2) is 0 Å². The lowest BCUT2D eigenvalue weighted by atomic mass is 9.84. The van der Waals surface area contributed by atoms with E-state index in [1.807, 2.05) is 0 Å². The number of aromatic nitrogens is 1.